The summed E-state index contributed by atoms with van der Waals surface area (Å²) in [5.74, 6) is 3.31. The van der Waals surface area contributed by atoms with Crippen LogP contribution >= 0.6 is 15.9 Å². The molecule has 0 unspecified atom stereocenters. The van der Waals surface area contributed by atoms with E-state index in [2.05, 4.69) is 38.2 Å². The Morgan fingerprint density at radius 3 is 2.90 bits per heavy atom. The molecule has 4 rings (SSSR count). The van der Waals surface area contributed by atoms with Gasteiger partial charge in [-0.1, -0.05) is 33.2 Å². The van der Waals surface area contributed by atoms with Gasteiger partial charge in [-0.3, -0.25) is 0 Å². The number of rotatable bonds is 3. The molecule has 1 heterocycles. The van der Waals surface area contributed by atoms with Crippen LogP contribution in [0.4, 0.5) is 0 Å². The third-order valence-electron chi connectivity index (χ3n) is 4.54. The van der Waals surface area contributed by atoms with Gasteiger partial charge in [0.2, 0.25) is 5.89 Å². The van der Waals surface area contributed by atoms with E-state index in [0.29, 0.717) is 30.2 Å². The Bertz CT molecular complexity index is 642. The number of nitrogens with two attached hydrogens (primary N) is 1. The molecule has 1 aromatic heterocycles. The van der Waals surface area contributed by atoms with E-state index < -0.39 is 0 Å². The molecule has 5 heteroatoms. The van der Waals surface area contributed by atoms with Crippen molar-refractivity contribution in [3.8, 4) is 0 Å². The molecule has 0 radical (unpaired) electrons. The van der Waals surface area contributed by atoms with E-state index in [1.54, 1.807) is 0 Å². The molecule has 2 fully saturated rings. The van der Waals surface area contributed by atoms with Crippen molar-refractivity contribution in [2.45, 2.75) is 31.2 Å². The summed E-state index contributed by atoms with van der Waals surface area (Å²) in [6.07, 6.45) is 2.93. The quantitative estimate of drug-likeness (QED) is 0.937. The average molecular weight is 334 g/mol. The largest absolute Gasteiger partial charge is 0.339 e. The zero-order valence-electron chi connectivity index (χ0n) is 11.0. The van der Waals surface area contributed by atoms with E-state index in [1.165, 1.54) is 12.0 Å². The number of nitrogens with zero attached hydrogens (tertiary/aromatic N) is 2. The fourth-order valence-electron chi connectivity index (χ4n) is 3.44. The second kappa shape index (κ2) is 4.67. The predicted molar refractivity (Wildman–Crippen MR) is 78.2 cm³/mol. The normalized spacial score (nSPS) is 31.3. The zero-order valence-corrected chi connectivity index (χ0v) is 12.6. The van der Waals surface area contributed by atoms with E-state index in [1.807, 2.05) is 12.1 Å². The number of fused-ring (bicyclic) bond motifs is 1. The molecule has 104 valence electrons. The van der Waals surface area contributed by atoms with Gasteiger partial charge in [-0.25, -0.2) is 0 Å². The molecule has 2 N–H and O–H groups in total. The molecule has 0 saturated heterocycles. The molecule has 0 amide bonds. The number of benzene rings is 1. The smallest absolute Gasteiger partial charge is 0.230 e. The highest BCUT2D eigenvalue weighted by Crippen LogP contribution is 2.58. The number of hydrogen-bond acceptors (Lipinski definition) is 4. The monoisotopic (exact) mass is 333 g/mol. The Labute approximate surface area is 125 Å². The van der Waals surface area contributed by atoms with E-state index in [-0.39, 0.29) is 0 Å². The van der Waals surface area contributed by atoms with Crippen LogP contribution in [0.1, 0.15) is 36.0 Å². The molecule has 2 aromatic rings. The van der Waals surface area contributed by atoms with Crippen molar-refractivity contribution in [2.24, 2.45) is 17.6 Å². The second-order valence-corrected chi connectivity index (χ2v) is 6.84. The molecule has 0 bridgehead atoms. The maximum Gasteiger partial charge on any atom is 0.230 e. The van der Waals surface area contributed by atoms with Crippen LogP contribution in [0.15, 0.2) is 33.3 Å². The summed E-state index contributed by atoms with van der Waals surface area (Å²) in [5.41, 5.74) is 7.28. The Balaban J connectivity index is 1.51. The maximum atomic E-state index is 6.10. The Morgan fingerprint density at radius 2 is 2.20 bits per heavy atom. The molecule has 4 nitrogen and oxygen atoms in total. The molecule has 1 aromatic carbocycles. The van der Waals surface area contributed by atoms with Crippen LogP contribution in [0.2, 0.25) is 0 Å². The first-order valence-electron chi connectivity index (χ1n) is 7.03. The topological polar surface area (TPSA) is 64.9 Å². The van der Waals surface area contributed by atoms with Crippen molar-refractivity contribution >= 4 is 15.9 Å². The lowest BCUT2D eigenvalue weighted by Crippen LogP contribution is -2.19. The molecule has 0 spiro atoms. The first kappa shape index (κ1) is 12.5. The van der Waals surface area contributed by atoms with Crippen LogP contribution < -0.4 is 5.73 Å². The van der Waals surface area contributed by atoms with Gasteiger partial charge in [-0.05, 0) is 42.4 Å². The minimum Gasteiger partial charge on any atom is -0.339 e. The highest BCUT2D eigenvalue weighted by molar-refractivity contribution is 9.10. The van der Waals surface area contributed by atoms with Gasteiger partial charge in [-0.2, -0.15) is 4.98 Å². The van der Waals surface area contributed by atoms with Crippen LogP contribution in [0.3, 0.4) is 0 Å². The van der Waals surface area contributed by atoms with E-state index in [4.69, 9.17) is 10.3 Å². The van der Waals surface area contributed by atoms with Crippen LogP contribution in [-0.2, 0) is 6.42 Å². The average Bonchev–Trinajstić information content (AvgIpc) is 2.97. The van der Waals surface area contributed by atoms with Crippen molar-refractivity contribution in [1.82, 2.24) is 10.1 Å². The summed E-state index contributed by atoms with van der Waals surface area (Å²) in [5, 5.41) is 4.12. The maximum absolute atomic E-state index is 6.10. The first-order chi connectivity index (χ1) is 9.70. The molecule has 20 heavy (non-hydrogen) atoms. The lowest BCUT2D eigenvalue weighted by molar-refractivity contribution is 0.338. The number of aromatic nitrogens is 2. The van der Waals surface area contributed by atoms with Gasteiger partial charge < -0.3 is 10.3 Å². The van der Waals surface area contributed by atoms with Crippen molar-refractivity contribution in [2.75, 3.05) is 0 Å². The highest BCUT2D eigenvalue weighted by Gasteiger charge is 2.55. The van der Waals surface area contributed by atoms with Gasteiger partial charge >= 0.3 is 0 Å². The molecular weight excluding hydrogens is 318 g/mol. The van der Waals surface area contributed by atoms with Gasteiger partial charge in [0, 0.05) is 22.9 Å². The summed E-state index contributed by atoms with van der Waals surface area (Å²) in [4.78, 5) is 4.58. The first-order valence-corrected chi connectivity index (χ1v) is 7.82. The van der Waals surface area contributed by atoms with Crippen LogP contribution in [0, 0.1) is 11.8 Å². The molecule has 0 aliphatic heterocycles. The standard InChI is InChI=1S/C15H16BrN3O/c16-9-3-1-2-8(4-9)5-14-18-15(20-19-14)12-7-13(17)11-6-10(11)12/h1-4,10-13H,5-7,17H2/t10-,11+,12-,13+/m0/s1. The summed E-state index contributed by atoms with van der Waals surface area (Å²) < 4.78 is 6.54. The van der Waals surface area contributed by atoms with Gasteiger partial charge in [0.05, 0.1) is 0 Å². The van der Waals surface area contributed by atoms with Crippen molar-refractivity contribution in [3.05, 3.63) is 46.0 Å². The SMILES string of the molecule is N[C@@H]1C[C@H](c2nc(Cc3cccc(Br)c3)no2)[C@H]2C[C@H]21. The minimum absolute atomic E-state index is 0.324. The molecular formula is C15H16BrN3O. The lowest BCUT2D eigenvalue weighted by atomic mass is 10.0. The summed E-state index contributed by atoms with van der Waals surface area (Å²) in [6.45, 7) is 0. The van der Waals surface area contributed by atoms with Gasteiger partial charge in [0.25, 0.3) is 0 Å². The van der Waals surface area contributed by atoms with Crippen molar-refractivity contribution in [3.63, 3.8) is 0 Å². The summed E-state index contributed by atoms with van der Waals surface area (Å²) >= 11 is 3.48. The Hall–Kier alpha value is -1.20. The van der Waals surface area contributed by atoms with Gasteiger partial charge in [-0.15, -0.1) is 0 Å². The second-order valence-electron chi connectivity index (χ2n) is 5.93. The van der Waals surface area contributed by atoms with Crippen LogP contribution in [0.5, 0.6) is 0 Å². The fraction of sp³-hybridized carbons (Fsp3) is 0.467. The predicted octanol–water partition coefficient (Wildman–Crippen LogP) is 2.87. The fourth-order valence-corrected chi connectivity index (χ4v) is 3.88. The van der Waals surface area contributed by atoms with Gasteiger partial charge in [0.15, 0.2) is 5.82 Å². The molecule has 2 saturated carbocycles. The molecule has 2 aliphatic rings. The molecule has 4 atom stereocenters. The third-order valence-corrected chi connectivity index (χ3v) is 5.03. The van der Waals surface area contributed by atoms with Crippen LogP contribution in [-0.4, -0.2) is 16.2 Å². The van der Waals surface area contributed by atoms with Crippen LogP contribution in [0.25, 0.3) is 0 Å². The van der Waals surface area contributed by atoms with Crippen molar-refractivity contribution in [1.29, 1.82) is 0 Å². The van der Waals surface area contributed by atoms with E-state index in [0.717, 1.165) is 22.6 Å². The summed E-state index contributed by atoms with van der Waals surface area (Å²) in [7, 11) is 0. The molecule has 2 aliphatic carbocycles. The van der Waals surface area contributed by atoms with E-state index in [9.17, 15) is 0 Å². The highest BCUT2D eigenvalue weighted by atomic mass is 79.9. The number of halogens is 1. The minimum atomic E-state index is 0.324. The lowest BCUT2D eigenvalue weighted by Gasteiger charge is -2.07. The van der Waals surface area contributed by atoms with E-state index >= 15 is 0 Å². The zero-order chi connectivity index (χ0) is 13.7. The van der Waals surface area contributed by atoms with Crippen molar-refractivity contribution < 1.29 is 4.52 Å². The van der Waals surface area contributed by atoms with Gasteiger partial charge in [0.1, 0.15) is 0 Å². The Kier molecular flexibility index (Phi) is 2.93. The summed E-state index contributed by atoms with van der Waals surface area (Å²) in [6, 6.07) is 8.51. The third kappa shape index (κ3) is 2.19. The number of hydrogen-bond donors (Lipinski definition) is 1. The Morgan fingerprint density at radius 1 is 1.30 bits per heavy atom.